The van der Waals surface area contributed by atoms with Crippen molar-refractivity contribution in [3.63, 3.8) is 0 Å². The maximum atomic E-state index is 12.2. The Morgan fingerprint density at radius 2 is 1.86 bits per heavy atom. The van der Waals surface area contributed by atoms with Crippen LogP contribution < -0.4 is 5.32 Å². The third-order valence-corrected chi connectivity index (χ3v) is 2.95. The molecule has 0 aliphatic rings. The normalized spacial score (nSPS) is 10.8. The molecule has 0 saturated heterocycles. The van der Waals surface area contributed by atoms with Gasteiger partial charge in [-0.3, -0.25) is 4.79 Å². The Hall–Kier alpha value is -3.06. The Balaban J connectivity index is 2.22. The van der Waals surface area contributed by atoms with Crippen LogP contribution in [0.5, 0.6) is 5.75 Å². The minimum Gasteiger partial charge on any atom is -0.507 e. The van der Waals surface area contributed by atoms with E-state index in [0.717, 1.165) is 11.3 Å². The number of phenolic OH excluding ortho intramolecular Hbond substituents is 1. The fourth-order valence-corrected chi connectivity index (χ4v) is 1.76. The van der Waals surface area contributed by atoms with Crippen molar-refractivity contribution in [3.05, 3.63) is 71.4 Å². The lowest BCUT2D eigenvalue weighted by Crippen LogP contribution is -2.04. The molecule has 0 aliphatic carbocycles. The molecule has 2 aromatic rings. The molecule has 0 unspecified atom stereocenters. The van der Waals surface area contributed by atoms with Gasteiger partial charge in [-0.15, -0.1) is 0 Å². The third-order valence-electron chi connectivity index (χ3n) is 2.95. The first-order valence-electron chi connectivity index (χ1n) is 6.38. The lowest BCUT2D eigenvalue weighted by Gasteiger charge is -2.04. The highest BCUT2D eigenvalue weighted by atomic mass is 16.3. The lowest BCUT2D eigenvalue weighted by atomic mass is 10.0. The lowest BCUT2D eigenvalue weighted by molar-refractivity contribution is 0.103. The van der Waals surface area contributed by atoms with E-state index in [2.05, 4.69) is 5.32 Å². The number of hydrogen-bond donors (Lipinski definition) is 2. The van der Waals surface area contributed by atoms with Gasteiger partial charge >= 0.3 is 0 Å². The first-order valence-corrected chi connectivity index (χ1v) is 6.38. The van der Waals surface area contributed by atoms with E-state index in [0.29, 0.717) is 0 Å². The molecule has 104 valence electrons. The maximum absolute atomic E-state index is 12.2. The molecule has 0 radical (unpaired) electrons. The number of phenols is 1. The Morgan fingerprint density at radius 3 is 2.48 bits per heavy atom. The topological polar surface area (TPSA) is 73.1 Å². The van der Waals surface area contributed by atoms with E-state index in [1.54, 1.807) is 12.1 Å². The highest BCUT2D eigenvalue weighted by Crippen LogP contribution is 2.19. The molecule has 0 amide bonds. The van der Waals surface area contributed by atoms with E-state index < -0.39 is 5.78 Å². The average molecular weight is 278 g/mol. The van der Waals surface area contributed by atoms with Gasteiger partial charge in [0.1, 0.15) is 17.4 Å². The smallest absolute Gasteiger partial charge is 0.208 e. The standard InChI is InChI=1S/C17H14N2O2/c1-12-6-8-14(9-7-12)19-11-13(10-18)17(21)15-4-2-3-5-16(15)20/h2-9,11,19-20H,1H3/b13-11+. The highest BCUT2D eigenvalue weighted by Gasteiger charge is 2.15. The first-order chi connectivity index (χ1) is 10.1. The van der Waals surface area contributed by atoms with E-state index in [-0.39, 0.29) is 16.9 Å². The molecular weight excluding hydrogens is 264 g/mol. The van der Waals surface area contributed by atoms with Gasteiger partial charge in [-0.25, -0.2) is 0 Å². The van der Waals surface area contributed by atoms with E-state index in [1.807, 2.05) is 37.3 Å². The van der Waals surface area contributed by atoms with Crippen LogP contribution in [0.4, 0.5) is 5.69 Å². The van der Waals surface area contributed by atoms with Crippen molar-refractivity contribution in [2.45, 2.75) is 6.92 Å². The second-order valence-electron chi connectivity index (χ2n) is 4.53. The van der Waals surface area contributed by atoms with Gasteiger partial charge in [-0.05, 0) is 31.2 Å². The molecule has 0 spiro atoms. The summed E-state index contributed by atoms with van der Waals surface area (Å²) < 4.78 is 0. The number of nitrogens with one attached hydrogen (secondary N) is 1. The van der Waals surface area contributed by atoms with Gasteiger partial charge < -0.3 is 10.4 Å². The van der Waals surface area contributed by atoms with Crippen LogP contribution in [0.3, 0.4) is 0 Å². The Bertz CT molecular complexity index is 725. The minimum atomic E-state index is -0.518. The van der Waals surface area contributed by atoms with Crippen LogP contribution in [-0.2, 0) is 0 Å². The number of carbonyl (C=O) groups is 1. The van der Waals surface area contributed by atoms with Gasteiger partial charge in [0.2, 0.25) is 5.78 Å². The summed E-state index contributed by atoms with van der Waals surface area (Å²) in [4.78, 5) is 12.2. The van der Waals surface area contributed by atoms with Crippen molar-refractivity contribution < 1.29 is 9.90 Å². The van der Waals surface area contributed by atoms with Gasteiger partial charge in [0.25, 0.3) is 0 Å². The van der Waals surface area contributed by atoms with Crippen molar-refractivity contribution in [1.82, 2.24) is 0 Å². The van der Waals surface area contributed by atoms with E-state index in [9.17, 15) is 9.90 Å². The van der Waals surface area contributed by atoms with Crippen LogP contribution in [0, 0.1) is 18.3 Å². The fourth-order valence-electron chi connectivity index (χ4n) is 1.76. The van der Waals surface area contributed by atoms with Gasteiger partial charge in [0.15, 0.2) is 0 Å². The number of rotatable bonds is 4. The minimum absolute atomic E-state index is 0.0722. The number of ketones is 1. The number of para-hydroxylation sites is 1. The number of nitriles is 1. The molecular formula is C17H14N2O2. The van der Waals surface area contributed by atoms with Crippen LogP contribution >= 0.6 is 0 Å². The number of aromatic hydroxyl groups is 1. The quantitative estimate of drug-likeness (QED) is 0.510. The second-order valence-corrected chi connectivity index (χ2v) is 4.53. The SMILES string of the molecule is Cc1ccc(N/C=C(\C#N)C(=O)c2ccccc2O)cc1. The van der Waals surface area contributed by atoms with Crippen molar-refractivity contribution in [2.24, 2.45) is 0 Å². The number of nitrogens with zero attached hydrogens (tertiary/aromatic N) is 1. The maximum Gasteiger partial charge on any atom is 0.208 e. The number of aryl methyl sites for hydroxylation is 1. The van der Waals surface area contributed by atoms with Gasteiger partial charge in [0.05, 0.1) is 5.56 Å². The summed E-state index contributed by atoms with van der Waals surface area (Å²) in [6.07, 6.45) is 1.35. The highest BCUT2D eigenvalue weighted by molar-refractivity contribution is 6.12. The summed E-state index contributed by atoms with van der Waals surface area (Å²) in [6.45, 7) is 1.97. The molecule has 2 aromatic carbocycles. The third kappa shape index (κ3) is 3.48. The van der Waals surface area contributed by atoms with Gasteiger partial charge in [-0.2, -0.15) is 5.26 Å². The predicted molar refractivity (Wildman–Crippen MR) is 80.9 cm³/mol. The van der Waals surface area contributed by atoms with Crippen LogP contribution in [0.25, 0.3) is 0 Å². The number of Topliss-reactive ketones (excluding diaryl/α,β-unsaturated/α-hetero) is 1. The Morgan fingerprint density at radius 1 is 1.19 bits per heavy atom. The monoisotopic (exact) mass is 278 g/mol. The molecule has 0 saturated carbocycles. The molecule has 0 atom stereocenters. The van der Waals surface area contributed by atoms with Crippen LogP contribution in [0.15, 0.2) is 60.3 Å². The summed E-state index contributed by atoms with van der Waals surface area (Å²) in [5.74, 6) is -0.658. The molecule has 4 nitrogen and oxygen atoms in total. The van der Waals surface area contributed by atoms with E-state index in [4.69, 9.17) is 5.26 Å². The van der Waals surface area contributed by atoms with Crippen LogP contribution in [0.2, 0.25) is 0 Å². The number of hydrogen-bond acceptors (Lipinski definition) is 4. The zero-order valence-corrected chi connectivity index (χ0v) is 11.5. The van der Waals surface area contributed by atoms with Gasteiger partial charge in [0, 0.05) is 11.9 Å². The van der Waals surface area contributed by atoms with Crippen molar-refractivity contribution in [3.8, 4) is 11.8 Å². The molecule has 4 heteroatoms. The number of carbonyl (C=O) groups excluding carboxylic acids is 1. The summed E-state index contributed by atoms with van der Waals surface area (Å²) in [5.41, 5.74) is 1.93. The first kappa shape index (κ1) is 14.4. The predicted octanol–water partition coefficient (Wildman–Crippen LogP) is 3.40. The average Bonchev–Trinajstić information content (AvgIpc) is 2.50. The summed E-state index contributed by atoms with van der Waals surface area (Å²) >= 11 is 0. The Kier molecular flexibility index (Phi) is 4.37. The number of benzene rings is 2. The van der Waals surface area contributed by atoms with E-state index in [1.165, 1.54) is 18.3 Å². The number of anilines is 1. The zero-order valence-electron chi connectivity index (χ0n) is 11.5. The fraction of sp³-hybridized carbons (Fsp3) is 0.0588. The molecule has 2 rings (SSSR count). The molecule has 0 bridgehead atoms. The van der Waals surface area contributed by atoms with Crippen LogP contribution in [0.1, 0.15) is 15.9 Å². The number of allylic oxidation sites excluding steroid dienone is 1. The van der Waals surface area contributed by atoms with Crippen molar-refractivity contribution >= 4 is 11.5 Å². The molecule has 2 N–H and O–H groups in total. The second kappa shape index (κ2) is 6.40. The zero-order chi connectivity index (χ0) is 15.2. The summed E-state index contributed by atoms with van der Waals surface area (Å²) in [6, 6.07) is 15.5. The van der Waals surface area contributed by atoms with E-state index >= 15 is 0 Å². The van der Waals surface area contributed by atoms with Crippen molar-refractivity contribution in [1.29, 1.82) is 5.26 Å². The summed E-state index contributed by atoms with van der Waals surface area (Å²) in [7, 11) is 0. The largest absolute Gasteiger partial charge is 0.507 e. The van der Waals surface area contributed by atoms with Gasteiger partial charge in [-0.1, -0.05) is 29.8 Å². The summed E-state index contributed by atoms with van der Waals surface area (Å²) in [5, 5.41) is 21.7. The van der Waals surface area contributed by atoms with Crippen LogP contribution in [-0.4, -0.2) is 10.9 Å². The molecule has 21 heavy (non-hydrogen) atoms. The molecule has 0 aromatic heterocycles. The molecule has 0 aliphatic heterocycles. The van der Waals surface area contributed by atoms with Crippen molar-refractivity contribution in [2.75, 3.05) is 5.32 Å². The molecule has 0 heterocycles. The Labute approximate surface area is 123 Å². The molecule has 0 fully saturated rings.